The smallest absolute Gasteiger partial charge is 0.253 e. The molecule has 0 aromatic heterocycles. The fourth-order valence-electron chi connectivity index (χ4n) is 6.43. The Labute approximate surface area is 245 Å². The molecule has 2 amide bonds. The summed E-state index contributed by atoms with van der Waals surface area (Å²) in [5.41, 5.74) is 1.82. The zero-order chi connectivity index (χ0) is 29.9. The number of anilines is 1. The number of benzene rings is 3. The van der Waals surface area contributed by atoms with E-state index in [2.05, 4.69) is 5.32 Å². The molecule has 9 heteroatoms. The van der Waals surface area contributed by atoms with E-state index in [1.807, 2.05) is 31.3 Å². The van der Waals surface area contributed by atoms with E-state index in [0.29, 0.717) is 67.0 Å². The first kappa shape index (κ1) is 29.7. The van der Waals surface area contributed by atoms with Gasteiger partial charge in [-0.05, 0) is 79.8 Å². The summed E-state index contributed by atoms with van der Waals surface area (Å²) >= 11 is 0. The monoisotopic (exact) mass is 575 g/mol. The Morgan fingerprint density at radius 3 is 2.60 bits per heavy atom. The minimum Gasteiger partial charge on any atom is -0.497 e. The SMILES string of the molecule is CNCc1ccc(C(=O)N2CCC[C@@H](C3(O)CCCN(C(=O)CO)c4cc(OC)cc(c4)-c4c(F)cccc43)C2)cc1. The molecule has 5 rings (SSSR count). The van der Waals surface area contributed by atoms with Gasteiger partial charge in [0.2, 0.25) is 0 Å². The number of aliphatic hydroxyl groups is 2. The average Bonchev–Trinajstić information content (AvgIpc) is 3.02. The molecule has 3 aromatic rings. The molecule has 0 spiro atoms. The van der Waals surface area contributed by atoms with Gasteiger partial charge < -0.3 is 30.1 Å². The summed E-state index contributed by atoms with van der Waals surface area (Å²) in [6.45, 7) is 1.15. The number of piperidine rings is 1. The maximum Gasteiger partial charge on any atom is 0.253 e. The van der Waals surface area contributed by atoms with Gasteiger partial charge in [0.25, 0.3) is 11.8 Å². The predicted molar refractivity (Wildman–Crippen MR) is 159 cm³/mol. The molecule has 2 heterocycles. The first-order valence-electron chi connectivity index (χ1n) is 14.4. The van der Waals surface area contributed by atoms with E-state index >= 15 is 4.39 Å². The highest BCUT2D eigenvalue weighted by Crippen LogP contribution is 2.46. The van der Waals surface area contributed by atoms with Crippen LogP contribution in [0.5, 0.6) is 5.75 Å². The van der Waals surface area contributed by atoms with Crippen molar-refractivity contribution >= 4 is 17.5 Å². The Morgan fingerprint density at radius 1 is 1.10 bits per heavy atom. The van der Waals surface area contributed by atoms with Gasteiger partial charge in [-0.2, -0.15) is 0 Å². The molecule has 3 N–H and O–H groups in total. The predicted octanol–water partition coefficient (Wildman–Crippen LogP) is 4.08. The van der Waals surface area contributed by atoms with Crippen LogP contribution < -0.4 is 15.0 Å². The number of hydrogen-bond donors (Lipinski definition) is 3. The Kier molecular flexibility index (Phi) is 8.91. The van der Waals surface area contributed by atoms with Crippen molar-refractivity contribution in [2.45, 2.75) is 37.8 Å². The first-order chi connectivity index (χ1) is 20.3. The van der Waals surface area contributed by atoms with Gasteiger partial charge in [-0.3, -0.25) is 9.59 Å². The molecule has 3 aromatic carbocycles. The number of rotatable bonds is 6. The van der Waals surface area contributed by atoms with E-state index in [4.69, 9.17) is 4.74 Å². The fraction of sp³-hybridized carbons (Fsp3) is 0.394. The van der Waals surface area contributed by atoms with E-state index in [0.717, 1.165) is 5.56 Å². The molecule has 2 aliphatic rings. The second-order valence-corrected chi connectivity index (χ2v) is 11.1. The van der Waals surface area contributed by atoms with Crippen LogP contribution >= 0.6 is 0 Å². The quantitative estimate of drug-likeness (QED) is 0.410. The number of likely N-dealkylation sites (tertiary alicyclic amines) is 1. The lowest BCUT2D eigenvalue weighted by Crippen LogP contribution is -2.49. The van der Waals surface area contributed by atoms with Crippen molar-refractivity contribution in [2.24, 2.45) is 5.92 Å². The Balaban J connectivity index is 1.55. The van der Waals surface area contributed by atoms with Gasteiger partial charge >= 0.3 is 0 Å². The second kappa shape index (κ2) is 12.6. The number of hydrogen-bond acceptors (Lipinski definition) is 6. The van der Waals surface area contributed by atoms with E-state index in [-0.39, 0.29) is 30.4 Å². The van der Waals surface area contributed by atoms with E-state index in [1.54, 1.807) is 35.2 Å². The normalized spacial score (nSPS) is 20.5. The van der Waals surface area contributed by atoms with E-state index < -0.39 is 23.9 Å². The molecule has 1 unspecified atom stereocenters. The van der Waals surface area contributed by atoms with Gasteiger partial charge in [-0.15, -0.1) is 0 Å². The maximum absolute atomic E-state index is 15.8. The molecule has 0 aliphatic carbocycles. The van der Waals surface area contributed by atoms with Crippen molar-refractivity contribution in [2.75, 3.05) is 45.3 Å². The van der Waals surface area contributed by atoms with Crippen LogP contribution in [0.15, 0.2) is 60.7 Å². The molecular weight excluding hydrogens is 537 g/mol. The maximum atomic E-state index is 15.8. The van der Waals surface area contributed by atoms with E-state index in [1.165, 1.54) is 18.1 Å². The van der Waals surface area contributed by atoms with Gasteiger partial charge in [0.15, 0.2) is 0 Å². The number of methoxy groups -OCH3 is 1. The topological polar surface area (TPSA) is 102 Å². The summed E-state index contributed by atoms with van der Waals surface area (Å²) in [4.78, 5) is 29.6. The number of carbonyl (C=O) groups is 2. The standard InChI is InChI=1S/C33H38FN3O5/c1-35-19-22-9-11-23(12-10-22)32(40)36-14-4-6-25(20-36)33(41)13-5-15-37(30(39)21-38)26-16-24(17-27(18-26)42-2)31-28(33)7-3-8-29(31)34/h3,7-12,16-18,25,35,38,41H,4-6,13-15,19-21H2,1-2H3/t25-,33?/m1/s1. The lowest BCUT2D eigenvalue weighted by Gasteiger charge is -2.44. The molecule has 0 saturated carbocycles. The highest BCUT2D eigenvalue weighted by molar-refractivity contribution is 5.95. The molecule has 42 heavy (non-hydrogen) atoms. The fourth-order valence-corrected chi connectivity index (χ4v) is 6.43. The minimum absolute atomic E-state index is 0.101. The number of fused-ring (bicyclic) bond motifs is 4. The molecule has 1 fully saturated rings. The van der Waals surface area contributed by atoms with Crippen LogP contribution in [0.1, 0.15) is 47.2 Å². The zero-order valence-corrected chi connectivity index (χ0v) is 24.1. The Morgan fingerprint density at radius 2 is 1.88 bits per heavy atom. The molecule has 2 bridgehead atoms. The number of aliphatic hydroxyl groups excluding tert-OH is 1. The number of nitrogens with zero attached hydrogens (tertiary/aromatic N) is 2. The van der Waals surface area contributed by atoms with Gasteiger partial charge in [0.1, 0.15) is 18.2 Å². The van der Waals surface area contributed by atoms with Crippen LogP contribution in [0.3, 0.4) is 0 Å². The average molecular weight is 576 g/mol. The van der Waals surface area contributed by atoms with Gasteiger partial charge in [0.05, 0.1) is 12.7 Å². The molecule has 2 aliphatic heterocycles. The molecule has 8 nitrogen and oxygen atoms in total. The number of carbonyl (C=O) groups excluding carboxylic acids is 2. The first-order valence-corrected chi connectivity index (χ1v) is 14.4. The van der Waals surface area contributed by atoms with Crippen LogP contribution in [-0.2, 0) is 16.9 Å². The van der Waals surface area contributed by atoms with Gasteiger partial charge in [0, 0.05) is 55.0 Å². The van der Waals surface area contributed by atoms with Crippen molar-refractivity contribution in [1.82, 2.24) is 10.2 Å². The number of ether oxygens (including phenoxy) is 1. The van der Waals surface area contributed by atoms with Gasteiger partial charge in [-0.1, -0.05) is 24.3 Å². The molecule has 2 atom stereocenters. The number of halogens is 1. The van der Waals surface area contributed by atoms with Crippen molar-refractivity contribution in [3.05, 3.63) is 83.2 Å². The summed E-state index contributed by atoms with van der Waals surface area (Å²) in [5.74, 6) is -1.05. The van der Waals surface area contributed by atoms with Crippen LogP contribution in [-0.4, -0.2) is 67.3 Å². The van der Waals surface area contributed by atoms with Gasteiger partial charge in [-0.25, -0.2) is 4.39 Å². The lowest BCUT2D eigenvalue weighted by atomic mass is 9.71. The van der Waals surface area contributed by atoms with Crippen molar-refractivity contribution in [3.8, 4) is 16.9 Å². The van der Waals surface area contributed by atoms with Crippen LogP contribution in [0.2, 0.25) is 0 Å². The third-order valence-electron chi connectivity index (χ3n) is 8.55. The number of nitrogens with one attached hydrogen (secondary N) is 1. The number of amides is 2. The summed E-state index contributed by atoms with van der Waals surface area (Å²) < 4.78 is 21.2. The molecular formula is C33H38FN3O5. The minimum atomic E-state index is -1.48. The van der Waals surface area contributed by atoms with Crippen molar-refractivity contribution in [1.29, 1.82) is 0 Å². The molecule has 0 radical (unpaired) electrons. The second-order valence-electron chi connectivity index (χ2n) is 11.1. The Bertz CT molecular complexity index is 1450. The Hall–Kier alpha value is -3.79. The third-order valence-corrected chi connectivity index (χ3v) is 8.55. The molecule has 1 saturated heterocycles. The van der Waals surface area contributed by atoms with Crippen LogP contribution in [0.4, 0.5) is 10.1 Å². The summed E-state index contributed by atoms with van der Waals surface area (Å²) in [6, 6.07) is 17.3. The third kappa shape index (κ3) is 5.77. The summed E-state index contributed by atoms with van der Waals surface area (Å²) in [6.07, 6.45) is 1.98. The zero-order valence-electron chi connectivity index (χ0n) is 24.1. The van der Waals surface area contributed by atoms with Crippen LogP contribution in [0, 0.1) is 11.7 Å². The lowest BCUT2D eigenvalue weighted by molar-refractivity contribution is -0.121. The molecule has 222 valence electrons. The summed E-state index contributed by atoms with van der Waals surface area (Å²) in [5, 5.41) is 25.4. The summed E-state index contributed by atoms with van der Waals surface area (Å²) in [7, 11) is 3.36. The highest BCUT2D eigenvalue weighted by Gasteiger charge is 2.43. The van der Waals surface area contributed by atoms with E-state index in [9.17, 15) is 19.8 Å². The van der Waals surface area contributed by atoms with Crippen molar-refractivity contribution < 1.29 is 28.9 Å². The van der Waals surface area contributed by atoms with Crippen LogP contribution in [0.25, 0.3) is 11.1 Å². The largest absolute Gasteiger partial charge is 0.497 e. The van der Waals surface area contributed by atoms with Crippen molar-refractivity contribution in [3.63, 3.8) is 0 Å². The highest BCUT2D eigenvalue weighted by atomic mass is 19.1.